The first-order valence-corrected chi connectivity index (χ1v) is 13.5. The lowest BCUT2D eigenvalue weighted by Crippen LogP contribution is -2.40. The van der Waals surface area contributed by atoms with Crippen molar-refractivity contribution in [2.24, 2.45) is 10.7 Å². The predicted octanol–water partition coefficient (Wildman–Crippen LogP) is 2.96. The number of fused-ring (bicyclic) bond motifs is 1. The van der Waals surface area contributed by atoms with E-state index in [0.717, 1.165) is 5.56 Å². The van der Waals surface area contributed by atoms with Crippen molar-refractivity contribution in [1.29, 1.82) is 0 Å². The van der Waals surface area contributed by atoms with Crippen molar-refractivity contribution in [3.8, 4) is 11.5 Å². The second-order valence-corrected chi connectivity index (χ2v) is 10.5. The van der Waals surface area contributed by atoms with Crippen LogP contribution >= 0.6 is 11.3 Å². The molecule has 0 aliphatic carbocycles. The van der Waals surface area contributed by atoms with E-state index in [1.807, 2.05) is 31.2 Å². The van der Waals surface area contributed by atoms with Gasteiger partial charge in [0.1, 0.15) is 17.6 Å². The first-order chi connectivity index (χ1) is 19.7. The van der Waals surface area contributed by atoms with Gasteiger partial charge in [-0.1, -0.05) is 35.6 Å². The maximum Gasteiger partial charge on any atom is 0.271 e. The van der Waals surface area contributed by atoms with E-state index in [1.54, 1.807) is 50.3 Å². The number of para-hydroxylation sites is 1. The molecule has 0 bridgehead atoms. The summed E-state index contributed by atoms with van der Waals surface area (Å²) in [5.41, 5.74) is 7.90. The zero-order valence-corrected chi connectivity index (χ0v) is 23.7. The van der Waals surface area contributed by atoms with Gasteiger partial charge in [0.25, 0.3) is 17.4 Å². The van der Waals surface area contributed by atoms with Gasteiger partial charge in [-0.2, -0.15) is 0 Å². The number of aromatic nitrogens is 1. The zero-order chi connectivity index (χ0) is 29.3. The number of carbonyl (C=O) groups excluding carboxylic acids is 2. The maximum atomic E-state index is 13.9. The Kier molecular flexibility index (Phi) is 7.62. The Labute approximate surface area is 239 Å². The number of carbonyl (C=O) groups is 2. The normalized spacial score (nSPS) is 14.8. The number of amides is 2. The van der Waals surface area contributed by atoms with Crippen LogP contribution in [0.5, 0.6) is 11.5 Å². The molecule has 4 aromatic rings. The molecular weight excluding hydrogens is 544 g/mol. The highest BCUT2D eigenvalue weighted by atomic mass is 32.1. The Bertz CT molecular complexity index is 1880. The number of methoxy groups -OCH3 is 1. The van der Waals surface area contributed by atoms with Crippen LogP contribution in [-0.4, -0.2) is 30.1 Å². The molecule has 0 radical (unpaired) electrons. The maximum absolute atomic E-state index is 13.9. The molecule has 0 saturated heterocycles. The number of rotatable bonds is 8. The van der Waals surface area contributed by atoms with Crippen molar-refractivity contribution < 1.29 is 23.5 Å². The molecule has 3 N–H and O–H groups in total. The van der Waals surface area contributed by atoms with E-state index >= 15 is 0 Å². The third-order valence-corrected chi connectivity index (χ3v) is 7.53. The fraction of sp³-hybridized carbons (Fsp3) is 0.200. The molecule has 1 unspecified atom stereocenters. The van der Waals surface area contributed by atoms with E-state index in [2.05, 4.69) is 10.3 Å². The van der Waals surface area contributed by atoms with Crippen molar-refractivity contribution >= 4 is 34.9 Å². The van der Waals surface area contributed by atoms with E-state index in [9.17, 15) is 14.4 Å². The van der Waals surface area contributed by atoms with E-state index in [1.165, 1.54) is 23.0 Å². The lowest BCUT2D eigenvalue weighted by atomic mass is 10.00. The molecule has 0 fully saturated rings. The first-order valence-electron chi connectivity index (χ1n) is 12.7. The molecule has 10 nitrogen and oxygen atoms in total. The number of hydrogen-bond donors (Lipinski definition) is 2. The van der Waals surface area contributed by atoms with Crippen LogP contribution in [0.2, 0.25) is 0 Å². The Morgan fingerprint density at radius 2 is 1.90 bits per heavy atom. The summed E-state index contributed by atoms with van der Waals surface area (Å²) in [7, 11) is 1.47. The van der Waals surface area contributed by atoms with Gasteiger partial charge in [-0.3, -0.25) is 19.0 Å². The van der Waals surface area contributed by atoms with Gasteiger partial charge in [0, 0.05) is 5.69 Å². The molecule has 2 amide bonds. The van der Waals surface area contributed by atoms with Crippen molar-refractivity contribution in [2.75, 3.05) is 19.0 Å². The lowest BCUT2D eigenvalue weighted by Gasteiger charge is -2.23. The van der Waals surface area contributed by atoms with Crippen molar-refractivity contribution in [3.05, 3.63) is 108 Å². The molecule has 11 heteroatoms. The SMILES string of the molecule is COc1cc(/C=c2/sc3n(c2=O)C(c2ccc(C)o2)C(C(=O)Nc2ccccc2C)=C(C)N=3)ccc1OCC(N)=O. The third kappa shape index (κ3) is 5.57. The highest BCUT2D eigenvalue weighted by Crippen LogP contribution is 2.32. The second kappa shape index (κ2) is 11.3. The number of nitrogens with two attached hydrogens (primary N) is 1. The summed E-state index contributed by atoms with van der Waals surface area (Å²) >= 11 is 1.21. The molecule has 1 atom stereocenters. The number of nitrogens with one attached hydrogen (secondary N) is 1. The quantitative estimate of drug-likeness (QED) is 0.333. The smallest absolute Gasteiger partial charge is 0.271 e. The number of nitrogens with zero attached hydrogens (tertiary/aromatic N) is 2. The Hall–Kier alpha value is -4.90. The lowest BCUT2D eigenvalue weighted by molar-refractivity contribution is -0.120. The minimum Gasteiger partial charge on any atom is -0.493 e. The van der Waals surface area contributed by atoms with Gasteiger partial charge in [-0.05, 0) is 68.3 Å². The molecule has 1 aliphatic heterocycles. The molecule has 2 aromatic heterocycles. The number of aryl methyl sites for hydroxylation is 2. The van der Waals surface area contributed by atoms with Gasteiger partial charge in [-0.15, -0.1) is 0 Å². The molecule has 3 heterocycles. The predicted molar refractivity (Wildman–Crippen MR) is 155 cm³/mol. The molecule has 0 spiro atoms. The van der Waals surface area contributed by atoms with Crippen molar-refractivity contribution in [1.82, 2.24) is 4.57 Å². The fourth-order valence-electron chi connectivity index (χ4n) is 4.58. The molecule has 2 aromatic carbocycles. The van der Waals surface area contributed by atoms with Crippen LogP contribution in [0.1, 0.15) is 35.6 Å². The van der Waals surface area contributed by atoms with Crippen molar-refractivity contribution in [2.45, 2.75) is 26.8 Å². The third-order valence-electron chi connectivity index (χ3n) is 6.55. The number of anilines is 1. The second-order valence-electron chi connectivity index (χ2n) is 9.46. The van der Waals surface area contributed by atoms with E-state index < -0.39 is 11.9 Å². The van der Waals surface area contributed by atoms with Crippen LogP contribution in [0.3, 0.4) is 0 Å². The molecular formula is C30H28N4O6S. The highest BCUT2D eigenvalue weighted by Gasteiger charge is 2.34. The minimum absolute atomic E-state index is 0.292. The van der Waals surface area contributed by atoms with Crippen molar-refractivity contribution in [3.63, 3.8) is 0 Å². The average molecular weight is 573 g/mol. The van der Waals surface area contributed by atoms with Gasteiger partial charge in [0.15, 0.2) is 22.9 Å². The highest BCUT2D eigenvalue weighted by molar-refractivity contribution is 7.07. The van der Waals surface area contributed by atoms with E-state index in [-0.39, 0.29) is 18.1 Å². The zero-order valence-electron chi connectivity index (χ0n) is 22.9. The molecule has 5 rings (SSSR count). The number of allylic oxidation sites excluding steroid dienone is 1. The Morgan fingerprint density at radius 1 is 1.12 bits per heavy atom. The number of primary amides is 1. The average Bonchev–Trinajstić information content (AvgIpc) is 3.50. The molecule has 1 aliphatic rings. The van der Waals surface area contributed by atoms with Crippen LogP contribution in [-0.2, 0) is 9.59 Å². The van der Waals surface area contributed by atoms with Crippen LogP contribution in [0.15, 0.2) is 80.1 Å². The molecule has 0 saturated carbocycles. The van der Waals surface area contributed by atoms with Gasteiger partial charge < -0.3 is 24.9 Å². The summed E-state index contributed by atoms with van der Waals surface area (Å²) in [5.74, 6) is 0.852. The van der Waals surface area contributed by atoms with Gasteiger partial charge >= 0.3 is 0 Å². The number of thiazole rings is 1. The Balaban J connectivity index is 1.59. The summed E-state index contributed by atoms with van der Waals surface area (Å²) in [6.07, 6.45) is 1.71. The summed E-state index contributed by atoms with van der Waals surface area (Å²) in [6, 6.07) is 15.3. The number of benzene rings is 2. The molecule has 210 valence electrons. The fourth-order valence-corrected chi connectivity index (χ4v) is 5.62. The van der Waals surface area contributed by atoms with Gasteiger partial charge in [-0.25, -0.2) is 4.99 Å². The number of ether oxygens (including phenoxy) is 2. The molecule has 41 heavy (non-hydrogen) atoms. The Morgan fingerprint density at radius 3 is 2.59 bits per heavy atom. The van der Waals surface area contributed by atoms with E-state index in [0.29, 0.717) is 54.9 Å². The van der Waals surface area contributed by atoms with E-state index in [4.69, 9.17) is 19.6 Å². The summed E-state index contributed by atoms with van der Waals surface area (Å²) in [4.78, 5) is 43.8. The van der Waals surface area contributed by atoms with Crippen LogP contribution in [0.25, 0.3) is 6.08 Å². The van der Waals surface area contributed by atoms with Crippen LogP contribution in [0.4, 0.5) is 5.69 Å². The largest absolute Gasteiger partial charge is 0.493 e. The first kappa shape index (κ1) is 27.7. The van der Waals surface area contributed by atoms with Gasteiger partial charge in [0.2, 0.25) is 0 Å². The minimum atomic E-state index is -0.815. The summed E-state index contributed by atoms with van der Waals surface area (Å²) in [5, 5.41) is 2.98. The standard InChI is InChI=1S/C30H28N4O6S/c1-16-7-5-6-8-20(16)33-28(36)26-18(3)32-30-34(27(26)22-11-9-17(2)40-22)29(37)24(41-30)14-19-10-12-21(23(13-19)38-4)39-15-25(31)35/h5-14,27H,15H2,1-4H3,(H2,31,35)(H,33,36)/b24-14+. The topological polar surface area (TPSA) is 138 Å². The number of hydrogen-bond acceptors (Lipinski definition) is 8. The van der Waals surface area contributed by atoms with Gasteiger partial charge in [0.05, 0.1) is 22.9 Å². The van der Waals surface area contributed by atoms with Crippen LogP contribution < -0.4 is 35.4 Å². The monoisotopic (exact) mass is 572 g/mol. The summed E-state index contributed by atoms with van der Waals surface area (Å²) in [6.45, 7) is 5.17. The van der Waals surface area contributed by atoms with Crippen LogP contribution in [0, 0.1) is 13.8 Å². The summed E-state index contributed by atoms with van der Waals surface area (Å²) < 4.78 is 18.7. The number of furan rings is 1.